The van der Waals surface area contributed by atoms with E-state index >= 15 is 0 Å². The van der Waals surface area contributed by atoms with Crippen LogP contribution in [0.1, 0.15) is 105 Å². The first-order valence-electron chi connectivity index (χ1n) is 38.3. The average molecular weight is 1770 g/mol. The maximum atomic E-state index is 14.9. The monoisotopic (exact) mass is 1770 g/mol. The number of aliphatic hydroxyl groups is 1. The number of amides is 14. The van der Waals surface area contributed by atoms with E-state index < -0.39 is 296 Å². The molecule has 48 heteroatoms. The Morgan fingerprint density at radius 3 is 1.80 bits per heavy atom. The summed E-state index contributed by atoms with van der Waals surface area (Å²) in [6, 6.07) is -0.761. The van der Waals surface area contributed by atoms with E-state index in [-0.39, 0.29) is 24.1 Å². The van der Waals surface area contributed by atoms with Crippen LogP contribution in [0.25, 0.3) is 22.0 Å². The van der Waals surface area contributed by atoms with Crippen molar-refractivity contribution in [2.45, 2.75) is 162 Å². The summed E-state index contributed by atoms with van der Waals surface area (Å²) < 4.78 is 45.4. The van der Waals surface area contributed by atoms with Gasteiger partial charge in [-0.25, -0.2) is 9.59 Å². The fraction of sp³-hybridized carbons (Fsp3) is 0.403. The zero-order valence-electron chi connectivity index (χ0n) is 66.8. The number of ether oxygens (including phenoxy) is 2. The molecule has 14 atom stereocenters. The molecule has 1 aliphatic heterocycles. The Labute approximate surface area is 708 Å². The molecule has 672 valence electrons. The molecule has 4 aromatic carbocycles. The number of aromatic amines is 1. The zero-order valence-corrected chi connectivity index (χ0v) is 67.7. The number of esters is 1. The summed E-state index contributed by atoms with van der Waals surface area (Å²) in [5.74, 6) is -30.9. The van der Waals surface area contributed by atoms with Crippen molar-refractivity contribution < 1.29 is 144 Å². The van der Waals surface area contributed by atoms with Crippen LogP contribution in [0.2, 0.25) is 0 Å². The molecule has 125 heavy (non-hydrogen) atoms. The number of primary amides is 1. The molecule has 2 aliphatic rings. The first-order chi connectivity index (χ1) is 58.9. The molecule has 26 N–H and O–H groups in total. The molecule has 1 saturated heterocycles. The molecule has 1 aliphatic carbocycles. The lowest BCUT2D eigenvalue weighted by atomic mass is 9.96. The maximum absolute atomic E-state index is 14.9. The quantitative estimate of drug-likeness (QED) is 0.00669. The lowest BCUT2D eigenvalue weighted by molar-refractivity contribution is -0.156. The van der Waals surface area contributed by atoms with Gasteiger partial charge in [0.2, 0.25) is 76.8 Å². The van der Waals surface area contributed by atoms with Gasteiger partial charge in [0.25, 0.3) is 10.1 Å². The van der Waals surface area contributed by atoms with Crippen LogP contribution in [0, 0.1) is 5.92 Å². The van der Waals surface area contributed by atoms with Crippen LogP contribution in [0.4, 0.5) is 10.5 Å². The molecule has 0 bridgehead atoms. The van der Waals surface area contributed by atoms with Crippen molar-refractivity contribution in [2.24, 2.45) is 17.4 Å². The first kappa shape index (κ1) is 97.6. The molecule has 0 saturated carbocycles. The third-order valence-electron chi connectivity index (χ3n) is 19.5. The minimum atomic E-state index is -4.72. The Morgan fingerprint density at radius 1 is 0.592 bits per heavy atom. The van der Waals surface area contributed by atoms with Crippen LogP contribution in [0.3, 0.4) is 0 Å². The summed E-state index contributed by atoms with van der Waals surface area (Å²) in [6.45, 7) is -1.94. The minimum Gasteiger partial charge on any atom is -0.481 e. The second kappa shape index (κ2) is 44.8. The molecule has 47 nitrogen and oxygen atoms in total. The summed E-state index contributed by atoms with van der Waals surface area (Å²) in [6.07, 6.45) is -10.2. The van der Waals surface area contributed by atoms with E-state index in [1.807, 2.05) is 21.3 Å². The summed E-state index contributed by atoms with van der Waals surface area (Å²) in [4.78, 5) is 277. The Bertz CT molecular complexity index is 5120. The molecule has 1 fully saturated rings. The molecule has 0 radical (unpaired) electrons. The number of benzene rings is 4. The Hall–Kier alpha value is -14.6. The van der Waals surface area contributed by atoms with E-state index in [1.54, 1.807) is 54.7 Å². The van der Waals surface area contributed by atoms with E-state index in [9.17, 15) is 134 Å². The number of aliphatic hydroxyl groups excluding tert-OH is 1. The van der Waals surface area contributed by atoms with E-state index in [0.29, 0.717) is 38.7 Å². The number of cyclic esters (lactones) is 1. The predicted molar refractivity (Wildman–Crippen MR) is 428 cm³/mol. The number of alkyl carbamates (subject to hydrolysis) is 1. The smallest absolute Gasteiger partial charge is 0.407 e. The van der Waals surface area contributed by atoms with Gasteiger partial charge in [0.1, 0.15) is 73.1 Å². The lowest BCUT2D eigenvalue weighted by Crippen LogP contribution is -2.61. The highest BCUT2D eigenvalue weighted by Crippen LogP contribution is 2.45. The number of carboxylic acids is 4. The van der Waals surface area contributed by atoms with Crippen LogP contribution < -0.4 is 86.3 Å². The Morgan fingerprint density at radius 2 is 1.16 bits per heavy atom. The highest BCUT2D eigenvalue weighted by atomic mass is 32.2. The molecule has 5 aromatic rings. The molecule has 14 amide bonds. The number of para-hydroxylation sites is 2. The number of ketones is 1. The number of carbonyl (C=O) groups is 20. The third kappa shape index (κ3) is 28.5. The highest BCUT2D eigenvalue weighted by Gasteiger charge is 2.42. The fourth-order valence-corrected chi connectivity index (χ4v) is 13.7. The SMILES string of the molecule is C[C@H](CC(=O)O)[C@@H]1NC(=O)[C@@H](CO)NC(=O)CNC(=O)[C@H](CC(=O)O)NC(=O)[C@@H](C)NC(=O)[C@H](CC(=O)O)NC(=O)[C@H](CCCNC(=O)OCC2c3ccccc3-c3ccc(S(=O)(=O)O)cc32)NC(=O)CNC(=O)[C@@H](NC(=O)[C@H](CC(=O)O)NC(=O)[C@@H](CC(N)=O)NC(=O)C(N)Cc2c[nH]c3ccccc23)[C@@H](C)OC(=O)[C@H](CC(=O)c2ccccc2N)NC1=O. The van der Waals surface area contributed by atoms with Crippen molar-refractivity contribution in [2.75, 3.05) is 38.6 Å². The van der Waals surface area contributed by atoms with Crippen LogP contribution in [0.15, 0.2) is 102 Å². The number of nitrogens with two attached hydrogens (primary N) is 3. The van der Waals surface area contributed by atoms with E-state index in [2.05, 4.69) is 52.8 Å². The summed E-state index contributed by atoms with van der Waals surface area (Å²) in [7, 11) is -4.72. The largest absolute Gasteiger partial charge is 0.481 e. The van der Waals surface area contributed by atoms with Gasteiger partial charge in [-0.1, -0.05) is 67.6 Å². The molecule has 2 heterocycles. The fourth-order valence-electron chi connectivity index (χ4n) is 13.1. The second-order valence-corrected chi connectivity index (χ2v) is 30.4. The maximum Gasteiger partial charge on any atom is 0.407 e. The number of carboxylic acid groups (broad SMARTS) is 4. The van der Waals surface area contributed by atoms with Crippen LogP contribution in [-0.4, -0.2) is 267 Å². The third-order valence-corrected chi connectivity index (χ3v) is 20.4. The number of rotatable bonds is 30. The van der Waals surface area contributed by atoms with Crippen molar-refractivity contribution in [3.05, 3.63) is 119 Å². The number of Topliss-reactive ketones (excluding diaryl/α,β-unsaturated/α-hetero) is 1. The van der Waals surface area contributed by atoms with Gasteiger partial charge in [-0.2, -0.15) is 8.42 Å². The van der Waals surface area contributed by atoms with Crippen molar-refractivity contribution >= 4 is 145 Å². The van der Waals surface area contributed by atoms with Gasteiger partial charge in [0.15, 0.2) is 5.78 Å². The molecular weight excluding hydrogens is 1680 g/mol. The van der Waals surface area contributed by atoms with Crippen molar-refractivity contribution in [1.29, 1.82) is 0 Å². The molecule has 7 rings (SSSR count). The number of carbonyl (C=O) groups excluding carboxylic acids is 16. The number of H-pyrrole nitrogens is 1. The lowest BCUT2D eigenvalue weighted by Gasteiger charge is -2.30. The normalized spacial score (nSPS) is 21.3. The second-order valence-electron chi connectivity index (χ2n) is 29.0. The number of aromatic nitrogens is 1. The van der Waals surface area contributed by atoms with E-state index in [4.69, 9.17) is 26.7 Å². The van der Waals surface area contributed by atoms with Crippen molar-refractivity contribution in [3.63, 3.8) is 0 Å². The van der Waals surface area contributed by atoms with Crippen LogP contribution in [0.5, 0.6) is 0 Å². The standard InChI is InChI=1S/C77H93N17O30S/c1-34(21-60(100)101)64-75(117)92-54(24-56(96)43-14-6-8-15-46(43)78)76(118)124-36(3)65(94-72(114)53(28-63(106)107)91-71(113)50(25-57(80)97)89-67(109)47(79)22-37-29-82-48-16-9-7-11-39(37)48)74(116)84-31-58(98)86-49(17-10-20-81-77(119)123-33-45-41-13-5-4-12-40(41)42-19-18-38(23-44(42)45)125(120,121)122)69(111)90-52(27-62(104)105)70(112)85-35(2)66(108)88-51(26-61(102)103)68(110)83-30-59(99)87-55(32-95)73(115)93-64/h4-9,11-16,18-19,23,29,34-36,45,47,49-55,64-65,82,95H,10,17,20-22,24-28,30-33,78-79H2,1-3H3,(H2,80,97)(H,81,119)(H,83,110)(H,84,116)(H,85,112)(H,86,98)(H,87,99)(H,88,108)(H,89,109)(H,90,111)(H,91,113)(H,92,117)(H,93,115)(H,94,114)(H,100,101)(H,102,103)(H,104,105)(H,106,107)(H,120,121,122)/t34-,35-,36-,45?,47?,49+,50-,51+,52+,53+,54+,55-,64+,65+/m1/s1. The molecular formula is C77H93N17O30S. The number of hydrogen-bond donors (Lipinski definition) is 23. The number of hydrogen-bond acceptors (Lipinski definition) is 27. The molecule has 1 aromatic heterocycles. The zero-order chi connectivity index (χ0) is 92.4. The minimum absolute atomic E-state index is 0.175. The average Bonchev–Trinajstić information content (AvgIpc) is 1.60. The number of anilines is 1. The summed E-state index contributed by atoms with van der Waals surface area (Å²) >= 11 is 0. The Kier molecular flexibility index (Phi) is 35.0. The highest BCUT2D eigenvalue weighted by molar-refractivity contribution is 7.85. The van der Waals surface area contributed by atoms with Gasteiger partial charge < -0.3 is 126 Å². The first-order valence-corrected chi connectivity index (χ1v) is 39.7. The van der Waals surface area contributed by atoms with E-state index in [0.717, 1.165) is 20.8 Å². The summed E-state index contributed by atoms with van der Waals surface area (Å²) in [5.41, 5.74) is 20.6. The molecule has 0 spiro atoms. The Balaban J connectivity index is 1.26. The number of nitrogens with one attached hydrogen (secondary N) is 14. The van der Waals surface area contributed by atoms with Gasteiger partial charge in [-0.3, -0.25) is 90.9 Å². The molecule has 2 unspecified atom stereocenters. The van der Waals surface area contributed by atoms with Crippen molar-refractivity contribution in [1.82, 2.24) is 74.1 Å². The van der Waals surface area contributed by atoms with Crippen LogP contribution >= 0.6 is 0 Å². The van der Waals surface area contributed by atoms with Gasteiger partial charge in [-0.15, -0.1) is 0 Å². The predicted octanol–water partition coefficient (Wildman–Crippen LogP) is -6.09. The number of fused-ring (bicyclic) bond motifs is 4. The van der Waals surface area contributed by atoms with E-state index in [1.165, 1.54) is 42.5 Å². The van der Waals surface area contributed by atoms with Gasteiger partial charge in [-0.05, 0) is 97.2 Å². The van der Waals surface area contributed by atoms with Gasteiger partial charge >= 0.3 is 35.9 Å². The van der Waals surface area contributed by atoms with Gasteiger partial charge in [0, 0.05) is 47.2 Å². The van der Waals surface area contributed by atoms with Crippen molar-refractivity contribution in [3.8, 4) is 11.1 Å². The van der Waals surface area contributed by atoms with Gasteiger partial charge in [0.05, 0.1) is 62.7 Å². The summed E-state index contributed by atoms with van der Waals surface area (Å²) in [5, 5.41) is 78.4. The topological polar surface area (TPSA) is 766 Å². The van der Waals surface area contributed by atoms with Crippen LogP contribution in [-0.2, 0) is 112 Å². The number of aliphatic carboxylic acids is 4. The number of nitrogen functional groups attached to an aromatic ring is 1.